The monoisotopic (exact) mass is 660 g/mol. The van der Waals surface area contributed by atoms with Crippen LogP contribution in [-0.2, 0) is 26.1 Å². The average molecular weight is 662 g/mol. The fourth-order valence-electron chi connectivity index (χ4n) is 4.48. The van der Waals surface area contributed by atoms with Gasteiger partial charge in [0.25, 0.3) is 15.6 Å². The second kappa shape index (κ2) is 12.5. The molecule has 0 radical (unpaired) electrons. The second-order valence-electron chi connectivity index (χ2n) is 8.94. The molecular weight excluding hydrogens is 640 g/mol. The SMILES string of the molecule is CN1/C(=C\C=C\c2oc3ccc(-c4ccccc4)cc3[n+]2CS(=O)(=O)[O-])N(CS(=O)(=O)O)c2cc(Cl)c(Cl)cc21.[K+]. The number of benzene rings is 3. The smallest absolute Gasteiger partial charge is 0.743 e. The molecule has 1 aliphatic rings. The normalized spacial score (nSPS) is 14.7. The van der Waals surface area contributed by atoms with Crippen molar-refractivity contribution in [3.63, 3.8) is 0 Å². The van der Waals surface area contributed by atoms with E-state index in [1.54, 1.807) is 30.1 Å². The number of aromatic nitrogens is 1. The standard InChI is InChI=1S/C26H21Cl2N3O7S2.K/c1-29-21-13-19(27)20(28)14-22(21)30(15-39(32,33)34)25(29)8-5-9-26-31(16-40(35,36)37)23-12-18(10-11-24(23)38-26)17-6-3-2-4-7-17;/h2-14H,15-16H2,1H3,(H-,32,33,34,35,36,37);/q;+1. The Morgan fingerprint density at radius 2 is 1.63 bits per heavy atom. The van der Waals surface area contributed by atoms with Crippen LogP contribution >= 0.6 is 23.2 Å². The van der Waals surface area contributed by atoms with Crippen LogP contribution in [0.5, 0.6) is 0 Å². The molecule has 3 aromatic carbocycles. The molecular formula is C26H21Cl2KN3O7S2+. The number of nitrogens with zero attached hydrogens (tertiary/aromatic N) is 3. The van der Waals surface area contributed by atoms with E-state index in [1.165, 1.54) is 33.8 Å². The fourth-order valence-corrected chi connectivity index (χ4v) is 5.98. The molecule has 10 nitrogen and oxygen atoms in total. The number of fused-ring (bicyclic) bond motifs is 2. The molecule has 208 valence electrons. The molecule has 15 heteroatoms. The van der Waals surface area contributed by atoms with Crippen molar-refractivity contribution in [1.82, 2.24) is 0 Å². The van der Waals surface area contributed by atoms with E-state index in [1.807, 2.05) is 36.4 Å². The third-order valence-electron chi connectivity index (χ3n) is 6.19. The van der Waals surface area contributed by atoms with Gasteiger partial charge in [-0.2, -0.15) is 8.42 Å². The van der Waals surface area contributed by atoms with Gasteiger partial charge in [0.1, 0.15) is 5.82 Å². The van der Waals surface area contributed by atoms with Crippen molar-refractivity contribution in [2.24, 2.45) is 0 Å². The quantitative estimate of drug-likeness (QED) is 0.179. The molecule has 0 amide bonds. The Morgan fingerprint density at radius 3 is 2.27 bits per heavy atom. The summed E-state index contributed by atoms with van der Waals surface area (Å²) in [6, 6.07) is 17.7. The van der Waals surface area contributed by atoms with Crippen LogP contribution in [0.15, 0.2) is 83.1 Å². The molecule has 0 unspecified atom stereocenters. The van der Waals surface area contributed by atoms with Crippen molar-refractivity contribution in [2.45, 2.75) is 5.88 Å². The van der Waals surface area contributed by atoms with E-state index in [0.717, 1.165) is 11.1 Å². The van der Waals surface area contributed by atoms with E-state index >= 15 is 0 Å². The number of hydrogen-bond acceptors (Lipinski definition) is 8. The van der Waals surface area contributed by atoms with Gasteiger partial charge >= 0.3 is 57.3 Å². The molecule has 0 fully saturated rings. The predicted molar refractivity (Wildman–Crippen MR) is 152 cm³/mol. The maximum Gasteiger partial charge on any atom is 1.00 e. The van der Waals surface area contributed by atoms with Crippen molar-refractivity contribution in [2.75, 3.05) is 22.7 Å². The molecule has 4 aromatic rings. The summed E-state index contributed by atoms with van der Waals surface area (Å²) in [5.41, 5.74) is 3.40. The molecule has 0 aliphatic carbocycles. The zero-order chi connectivity index (χ0) is 28.8. The summed E-state index contributed by atoms with van der Waals surface area (Å²) in [5.74, 6) is -1.22. The van der Waals surface area contributed by atoms with Crippen LogP contribution in [0.4, 0.5) is 11.4 Å². The Morgan fingerprint density at radius 1 is 0.976 bits per heavy atom. The van der Waals surface area contributed by atoms with Crippen LogP contribution in [0.25, 0.3) is 28.3 Å². The molecule has 41 heavy (non-hydrogen) atoms. The van der Waals surface area contributed by atoms with Crippen LogP contribution in [-0.4, -0.2) is 38.9 Å². The average Bonchev–Trinajstić information content (AvgIpc) is 3.32. The van der Waals surface area contributed by atoms with E-state index in [4.69, 9.17) is 27.6 Å². The molecule has 0 spiro atoms. The van der Waals surface area contributed by atoms with Gasteiger partial charge in [0.15, 0.2) is 16.0 Å². The van der Waals surface area contributed by atoms with Crippen molar-refractivity contribution in [3.05, 3.63) is 94.6 Å². The number of halogens is 2. The zero-order valence-electron chi connectivity index (χ0n) is 21.7. The topological polar surface area (TPSA) is 135 Å². The van der Waals surface area contributed by atoms with E-state index in [0.29, 0.717) is 28.3 Å². The largest absolute Gasteiger partial charge is 1.00 e. The minimum absolute atomic E-state index is 0. The minimum atomic E-state index is -4.69. The Labute approximate surface area is 289 Å². The number of allylic oxidation sites excluding steroid dienone is 2. The molecule has 1 N–H and O–H groups in total. The molecule has 1 aliphatic heterocycles. The molecule has 1 aromatic heterocycles. The summed E-state index contributed by atoms with van der Waals surface area (Å²) in [6.07, 6.45) is 4.48. The summed E-state index contributed by atoms with van der Waals surface area (Å²) in [7, 11) is -7.47. The van der Waals surface area contributed by atoms with Crippen LogP contribution in [0.3, 0.4) is 0 Å². The molecule has 2 heterocycles. The van der Waals surface area contributed by atoms with Crippen LogP contribution < -0.4 is 65.8 Å². The van der Waals surface area contributed by atoms with E-state index in [2.05, 4.69) is 0 Å². The molecule has 0 saturated heterocycles. The van der Waals surface area contributed by atoms with Gasteiger partial charge in [0, 0.05) is 13.1 Å². The molecule has 0 bridgehead atoms. The van der Waals surface area contributed by atoms with Gasteiger partial charge in [0.05, 0.1) is 27.5 Å². The summed E-state index contributed by atoms with van der Waals surface area (Å²) in [5, 5.41) is 0.454. The first-order chi connectivity index (χ1) is 18.8. The summed E-state index contributed by atoms with van der Waals surface area (Å²) >= 11 is 12.3. The summed E-state index contributed by atoms with van der Waals surface area (Å²) in [4.78, 5) is 2.98. The molecule has 5 rings (SSSR count). The van der Waals surface area contributed by atoms with Gasteiger partial charge in [-0.25, -0.2) is 8.42 Å². The molecule has 0 saturated carbocycles. The second-order valence-corrected chi connectivity index (χ2v) is 12.6. The van der Waals surface area contributed by atoms with Gasteiger partial charge in [-0.3, -0.25) is 4.55 Å². The van der Waals surface area contributed by atoms with E-state index < -0.39 is 32.0 Å². The van der Waals surface area contributed by atoms with Crippen molar-refractivity contribution >= 4 is 72.0 Å². The van der Waals surface area contributed by atoms with Crippen LogP contribution in [0.1, 0.15) is 5.89 Å². The zero-order valence-corrected chi connectivity index (χ0v) is 28.0. The first-order valence-corrected chi connectivity index (χ1v) is 15.5. The number of rotatable bonds is 7. The van der Waals surface area contributed by atoms with Crippen LogP contribution in [0.2, 0.25) is 10.0 Å². The van der Waals surface area contributed by atoms with E-state index in [9.17, 15) is 25.9 Å². The van der Waals surface area contributed by atoms with Gasteiger partial charge in [-0.05, 0) is 41.5 Å². The maximum atomic E-state index is 11.8. The number of hydrogen-bond donors (Lipinski definition) is 1. The number of anilines is 2. The minimum Gasteiger partial charge on any atom is -0.743 e. The molecule has 0 atom stereocenters. The number of oxazole rings is 1. The van der Waals surface area contributed by atoms with Crippen molar-refractivity contribution in [3.8, 4) is 11.1 Å². The van der Waals surface area contributed by atoms with Crippen molar-refractivity contribution < 1.29 is 86.3 Å². The third-order valence-corrected chi connectivity index (χ3v) is 8.07. The fraction of sp³-hybridized carbons (Fsp3) is 0.115. The Bertz CT molecular complexity index is 1910. The summed E-state index contributed by atoms with van der Waals surface area (Å²) in [6.45, 7) is 0. The van der Waals surface area contributed by atoms with Gasteiger partial charge in [0.2, 0.25) is 11.5 Å². The Kier molecular flexibility index (Phi) is 9.78. The van der Waals surface area contributed by atoms with Crippen LogP contribution in [0, 0.1) is 0 Å². The van der Waals surface area contributed by atoms with Gasteiger partial charge < -0.3 is 18.8 Å². The third kappa shape index (κ3) is 7.25. The van der Waals surface area contributed by atoms with Crippen molar-refractivity contribution in [1.29, 1.82) is 0 Å². The first kappa shape index (κ1) is 32.2. The Balaban J connectivity index is 0.00000387. The Hall–Kier alpha value is -1.75. The summed E-state index contributed by atoms with van der Waals surface area (Å²) < 4.78 is 75.6. The maximum absolute atomic E-state index is 11.8. The van der Waals surface area contributed by atoms with E-state index in [-0.39, 0.29) is 67.3 Å². The van der Waals surface area contributed by atoms with Gasteiger partial charge in [-0.1, -0.05) is 59.6 Å². The first-order valence-electron chi connectivity index (χ1n) is 11.6. The predicted octanol–water partition coefficient (Wildman–Crippen LogP) is 1.86. The van der Waals surface area contributed by atoms with Gasteiger partial charge in [-0.15, -0.1) is 4.57 Å².